The second-order valence-corrected chi connectivity index (χ2v) is 7.63. The minimum atomic E-state index is -0.743. The van der Waals surface area contributed by atoms with Crippen molar-refractivity contribution in [3.8, 4) is 0 Å². The van der Waals surface area contributed by atoms with E-state index in [1.165, 1.54) is 12.1 Å². The summed E-state index contributed by atoms with van der Waals surface area (Å²) in [5, 5.41) is 17.4. The molecule has 0 saturated carbocycles. The van der Waals surface area contributed by atoms with Crippen LogP contribution in [0, 0.1) is 16.0 Å². The first-order valence-corrected chi connectivity index (χ1v) is 9.53. The molecule has 144 valence electrons. The van der Waals surface area contributed by atoms with Gasteiger partial charge in [0, 0.05) is 25.7 Å². The molecule has 1 atom stereocenters. The number of thiophene rings is 1. The molecule has 1 N–H and O–H groups in total. The topological polar surface area (TPSA) is 92.5 Å². The highest BCUT2D eigenvalue weighted by atomic mass is 35.5. The summed E-state index contributed by atoms with van der Waals surface area (Å²) in [5.41, 5.74) is 0.896. The summed E-state index contributed by atoms with van der Waals surface area (Å²) in [7, 11) is 1.68. The molecule has 1 heterocycles. The maximum Gasteiger partial charge on any atom is 0.270 e. The lowest BCUT2D eigenvalue weighted by molar-refractivity contribution is -0.384. The fraction of sp³-hybridized carbons (Fsp3) is 0.333. The van der Waals surface area contributed by atoms with Gasteiger partial charge >= 0.3 is 0 Å². The molecule has 0 saturated heterocycles. The van der Waals surface area contributed by atoms with Gasteiger partial charge in [-0.1, -0.05) is 25.4 Å². The summed E-state index contributed by atoms with van der Waals surface area (Å²) in [6, 6.07) is 4.80. The van der Waals surface area contributed by atoms with Gasteiger partial charge in [0.25, 0.3) is 11.6 Å². The summed E-state index contributed by atoms with van der Waals surface area (Å²) in [6.07, 6.45) is 0. The zero-order valence-electron chi connectivity index (χ0n) is 15.1. The van der Waals surface area contributed by atoms with Gasteiger partial charge in [-0.15, -0.1) is 0 Å². The first-order valence-electron chi connectivity index (χ1n) is 8.21. The zero-order valence-corrected chi connectivity index (χ0v) is 16.7. The minimum absolute atomic E-state index is 0.0386. The molecule has 0 spiro atoms. The molecule has 0 aliphatic heterocycles. The summed E-state index contributed by atoms with van der Waals surface area (Å²) in [4.78, 5) is 37.1. The Morgan fingerprint density at radius 3 is 2.56 bits per heavy atom. The van der Waals surface area contributed by atoms with Crippen molar-refractivity contribution in [1.82, 2.24) is 10.2 Å². The molecule has 27 heavy (non-hydrogen) atoms. The predicted molar refractivity (Wildman–Crippen MR) is 105 cm³/mol. The molecule has 2 rings (SSSR count). The van der Waals surface area contributed by atoms with Crippen LogP contribution in [0.25, 0.3) is 0 Å². The Morgan fingerprint density at radius 2 is 2.04 bits per heavy atom. The third-order valence-corrected chi connectivity index (χ3v) is 5.05. The van der Waals surface area contributed by atoms with Crippen molar-refractivity contribution in [3.63, 3.8) is 0 Å². The van der Waals surface area contributed by atoms with Crippen LogP contribution in [-0.2, 0) is 11.3 Å². The molecule has 9 heteroatoms. The van der Waals surface area contributed by atoms with Crippen molar-refractivity contribution in [2.24, 2.45) is 5.92 Å². The van der Waals surface area contributed by atoms with Gasteiger partial charge in [0.2, 0.25) is 5.91 Å². The van der Waals surface area contributed by atoms with Crippen molar-refractivity contribution in [3.05, 3.63) is 61.3 Å². The maximum atomic E-state index is 12.8. The van der Waals surface area contributed by atoms with E-state index in [1.54, 1.807) is 23.3 Å². The lowest BCUT2D eigenvalue weighted by Gasteiger charge is -2.27. The van der Waals surface area contributed by atoms with Gasteiger partial charge in [-0.25, -0.2) is 0 Å². The fourth-order valence-electron chi connectivity index (χ4n) is 2.51. The number of non-ortho nitro benzene ring substituents is 1. The van der Waals surface area contributed by atoms with Crippen molar-refractivity contribution in [1.29, 1.82) is 0 Å². The van der Waals surface area contributed by atoms with E-state index in [0.29, 0.717) is 6.54 Å². The minimum Gasteiger partial charge on any atom is -0.340 e. The van der Waals surface area contributed by atoms with E-state index in [9.17, 15) is 19.7 Å². The molecule has 2 aromatic rings. The molecular weight excluding hydrogens is 390 g/mol. The van der Waals surface area contributed by atoms with Gasteiger partial charge in [-0.05, 0) is 34.4 Å². The Hall–Kier alpha value is -2.45. The van der Waals surface area contributed by atoms with E-state index >= 15 is 0 Å². The molecule has 1 aromatic heterocycles. The molecule has 0 unspecified atom stereocenters. The Labute approximate surface area is 166 Å². The molecule has 2 amide bonds. The van der Waals surface area contributed by atoms with Crippen LogP contribution in [0.2, 0.25) is 5.02 Å². The number of rotatable bonds is 7. The molecule has 0 aliphatic carbocycles. The van der Waals surface area contributed by atoms with Crippen molar-refractivity contribution in [2.45, 2.75) is 26.4 Å². The first kappa shape index (κ1) is 20.9. The number of amides is 2. The number of nitro benzene ring substituents is 1. The molecule has 0 radical (unpaired) electrons. The average molecular weight is 410 g/mol. The number of benzene rings is 1. The van der Waals surface area contributed by atoms with E-state index in [0.717, 1.165) is 11.6 Å². The number of hydrogen-bond donors (Lipinski definition) is 1. The van der Waals surface area contributed by atoms with Crippen LogP contribution in [0.1, 0.15) is 29.8 Å². The number of carbonyl (C=O) groups excluding carboxylic acids is 2. The van der Waals surface area contributed by atoms with Crippen LogP contribution in [0.3, 0.4) is 0 Å². The highest BCUT2D eigenvalue weighted by Gasteiger charge is 2.28. The van der Waals surface area contributed by atoms with Crippen molar-refractivity contribution in [2.75, 3.05) is 7.05 Å². The van der Waals surface area contributed by atoms with Crippen molar-refractivity contribution >= 4 is 40.4 Å². The van der Waals surface area contributed by atoms with Crippen LogP contribution in [0.5, 0.6) is 0 Å². The number of nitrogens with zero attached hydrogens (tertiary/aromatic N) is 2. The molecule has 0 bridgehead atoms. The van der Waals surface area contributed by atoms with Gasteiger partial charge in [0.15, 0.2) is 0 Å². The second-order valence-electron chi connectivity index (χ2n) is 6.44. The molecular formula is C18H20ClN3O4S. The lowest BCUT2D eigenvalue weighted by Crippen LogP contribution is -2.50. The number of carbonyl (C=O) groups is 2. The van der Waals surface area contributed by atoms with Gasteiger partial charge in [-0.2, -0.15) is 11.3 Å². The predicted octanol–water partition coefficient (Wildman–Crippen LogP) is 3.72. The highest BCUT2D eigenvalue weighted by Crippen LogP contribution is 2.23. The van der Waals surface area contributed by atoms with Gasteiger partial charge in [0.1, 0.15) is 6.04 Å². The Bertz CT molecular complexity index is 839. The third kappa shape index (κ3) is 5.27. The summed E-state index contributed by atoms with van der Waals surface area (Å²) >= 11 is 7.56. The van der Waals surface area contributed by atoms with Crippen molar-refractivity contribution < 1.29 is 14.5 Å². The fourth-order valence-corrected chi connectivity index (χ4v) is 3.43. The Balaban J connectivity index is 2.14. The van der Waals surface area contributed by atoms with E-state index in [4.69, 9.17) is 11.6 Å². The quantitative estimate of drug-likeness (QED) is 0.557. The van der Waals surface area contributed by atoms with E-state index in [2.05, 4.69) is 5.32 Å². The van der Waals surface area contributed by atoms with Gasteiger partial charge in [-0.3, -0.25) is 19.7 Å². The van der Waals surface area contributed by atoms with E-state index < -0.39 is 16.9 Å². The number of nitro groups is 1. The summed E-state index contributed by atoms with van der Waals surface area (Å²) < 4.78 is 0. The lowest BCUT2D eigenvalue weighted by atomic mass is 10.0. The number of nitrogens with one attached hydrogen (secondary N) is 1. The van der Waals surface area contributed by atoms with Crippen LogP contribution in [0.15, 0.2) is 35.0 Å². The largest absolute Gasteiger partial charge is 0.340 e. The SMILES string of the molecule is CC(C)[C@H](NC(=O)c1ccc([N+](=O)[O-])cc1Cl)C(=O)N(C)Cc1ccsc1. The zero-order chi connectivity index (χ0) is 20.1. The van der Waals surface area contributed by atoms with Crippen LogP contribution >= 0.6 is 22.9 Å². The smallest absolute Gasteiger partial charge is 0.270 e. The molecule has 0 aliphatic rings. The maximum absolute atomic E-state index is 12.8. The molecule has 1 aromatic carbocycles. The van der Waals surface area contributed by atoms with E-state index in [-0.39, 0.29) is 28.1 Å². The van der Waals surface area contributed by atoms with Crippen LogP contribution in [-0.4, -0.2) is 34.7 Å². The average Bonchev–Trinajstić information content (AvgIpc) is 3.11. The third-order valence-electron chi connectivity index (χ3n) is 4.00. The Morgan fingerprint density at radius 1 is 1.33 bits per heavy atom. The standard InChI is InChI=1S/C18H20ClN3O4S/c1-11(2)16(18(24)21(3)9-12-6-7-27-10-12)20-17(23)14-5-4-13(22(25)26)8-15(14)19/h4-8,10-11,16H,9H2,1-3H3,(H,20,23)/t16-/m0/s1. The second kappa shape index (κ2) is 8.96. The normalized spacial score (nSPS) is 11.9. The first-order chi connectivity index (χ1) is 12.7. The van der Waals surface area contributed by atoms with Gasteiger partial charge in [0.05, 0.1) is 15.5 Å². The summed E-state index contributed by atoms with van der Waals surface area (Å²) in [6.45, 7) is 4.11. The van der Waals surface area contributed by atoms with Crippen LogP contribution < -0.4 is 5.32 Å². The summed E-state index contributed by atoms with van der Waals surface area (Å²) in [5.74, 6) is -0.920. The number of hydrogen-bond acceptors (Lipinski definition) is 5. The van der Waals surface area contributed by atoms with Crippen LogP contribution in [0.4, 0.5) is 5.69 Å². The Kier molecular flexibility index (Phi) is 6.92. The number of halogens is 1. The monoisotopic (exact) mass is 409 g/mol. The number of likely N-dealkylation sites (N-methyl/N-ethyl adjacent to an activating group) is 1. The molecule has 0 fully saturated rings. The molecule has 7 nitrogen and oxygen atoms in total. The highest BCUT2D eigenvalue weighted by molar-refractivity contribution is 7.07. The van der Waals surface area contributed by atoms with Gasteiger partial charge < -0.3 is 10.2 Å². The van der Waals surface area contributed by atoms with E-state index in [1.807, 2.05) is 30.7 Å².